The second-order valence-electron chi connectivity index (χ2n) is 12.0. The highest BCUT2D eigenvalue weighted by molar-refractivity contribution is 5.18. The Morgan fingerprint density at radius 3 is 1.29 bits per heavy atom. The van der Waals surface area contributed by atoms with E-state index in [1.54, 1.807) is 0 Å². The second-order valence-corrected chi connectivity index (χ2v) is 12.0. The predicted molar refractivity (Wildman–Crippen MR) is 194 cm³/mol. The van der Waals surface area contributed by atoms with Crippen LogP contribution in [0.2, 0.25) is 0 Å². The molecule has 0 spiro atoms. The van der Waals surface area contributed by atoms with Crippen LogP contribution in [0.3, 0.4) is 0 Å². The van der Waals surface area contributed by atoms with Crippen molar-refractivity contribution in [3.8, 4) is 0 Å². The number of hydrogen-bond donors (Lipinski definition) is 2. The molecule has 5 aromatic carbocycles. The molecule has 0 aliphatic carbocycles. The molecule has 6 heteroatoms. The van der Waals surface area contributed by atoms with E-state index < -0.39 is 24.4 Å². The van der Waals surface area contributed by atoms with Gasteiger partial charge in [0.2, 0.25) is 0 Å². The zero-order valence-corrected chi connectivity index (χ0v) is 27.9. The van der Waals surface area contributed by atoms with Gasteiger partial charge in [-0.1, -0.05) is 158 Å². The van der Waals surface area contributed by atoms with E-state index in [-0.39, 0.29) is 19.3 Å². The fraction of sp³-hybridized carbons (Fsp3) is 0.256. The van der Waals surface area contributed by atoms with E-state index in [0.29, 0.717) is 26.4 Å². The van der Waals surface area contributed by atoms with Crippen molar-refractivity contribution >= 4 is 0 Å². The smallest absolute Gasteiger partial charge is 0.115 e. The van der Waals surface area contributed by atoms with Crippen molar-refractivity contribution in [1.82, 2.24) is 5.32 Å². The van der Waals surface area contributed by atoms with Crippen LogP contribution in [-0.2, 0) is 51.9 Å². The lowest BCUT2D eigenvalue weighted by Gasteiger charge is -2.39. The van der Waals surface area contributed by atoms with Crippen LogP contribution in [0.15, 0.2) is 164 Å². The van der Waals surface area contributed by atoms with Crippen LogP contribution in [0.25, 0.3) is 0 Å². The number of rotatable bonds is 21. The number of aliphatic hydroxyl groups is 1. The zero-order chi connectivity index (χ0) is 33.9. The lowest BCUT2D eigenvalue weighted by atomic mass is 9.96. The van der Waals surface area contributed by atoms with E-state index in [2.05, 4.69) is 24.0 Å². The van der Waals surface area contributed by atoms with Gasteiger partial charge in [0.1, 0.15) is 24.4 Å². The zero-order valence-electron chi connectivity index (χ0n) is 27.9. The first kappa shape index (κ1) is 35.9. The van der Waals surface area contributed by atoms with Crippen molar-refractivity contribution in [2.45, 2.75) is 63.4 Å². The van der Waals surface area contributed by atoms with Crippen molar-refractivity contribution < 1.29 is 24.1 Å². The van der Waals surface area contributed by atoms with Gasteiger partial charge in [-0.15, -0.1) is 6.58 Å². The molecule has 0 radical (unpaired) electrons. The summed E-state index contributed by atoms with van der Waals surface area (Å²) in [6.45, 7) is 6.10. The van der Waals surface area contributed by atoms with E-state index >= 15 is 0 Å². The fourth-order valence-corrected chi connectivity index (χ4v) is 5.64. The van der Waals surface area contributed by atoms with E-state index in [4.69, 9.17) is 18.9 Å². The van der Waals surface area contributed by atoms with E-state index in [9.17, 15) is 5.11 Å². The van der Waals surface area contributed by atoms with Crippen molar-refractivity contribution in [3.05, 3.63) is 192 Å². The average Bonchev–Trinajstić information content (AvgIpc) is 3.16. The summed E-state index contributed by atoms with van der Waals surface area (Å²) >= 11 is 0. The Balaban J connectivity index is 1.46. The predicted octanol–water partition coefficient (Wildman–Crippen LogP) is 7.66. The van der Waals surface area contributed by atoms with Gasteiger partial charge in [0.25, 0.3) is 0 Å². The molecule has 49 heavy (non-hydrogen) atoms. The van der Waals surface area contributed by atoms with Crippen LogP contribution in [0.5, 0.6) is 0 Å². The molecule has 0 saturated carbocycles. The number of benzene rings is 5. The molecule has 0 heterocycles. The Morgan fingerprint density at radius 2 is 0.857 bits per heavy atom. The second kappa shape index (κ2) is 20.2. The summed E-state index contributed by atoms with van der Waals surface area (Å²) in [5, 5.41) is 15.5. The number of hydrogen-bond acceptors (Lipinski definition) is 6. The molecular weight excluding hydrogens is 610 g/mol. The third kappa shape index (κ3) is 11.9. The number of ether oxygens (including phenoxy) is 4. The molecule has 0 amide bonds. The maximum Gasteiger partial charge on any atom is 0.115 e. The normalized spacial score (nSPS) is 14.4. The van der Waals surface area contributed by atoms with E-state index in [1.165, 1.54) is 0 Å². The summed E-state index contributed by atoms with van der Waals surface area (Å²) in [5.41, 5.74) is 5.15. The van der Waals surface area contributed by atoms with Gasteiger partial charge in [-0.3, -0.25) is 0 Å². The maximum absolute atomic E-state index is 11.9. The third-order valence-corrected chi connectivity index (χ3v) is 8.28. The SMILES string of the molecule is C=C[C@@H](NCc1ccccc1)[C@H](OCc1ccccc1)[C@@H](OCc1ccccc1)[C@H](OCc1ccccc1)[C@H](O)COCc1ccccc1. The Morgan fingerprint density at radius 1 is 0.490 bits per heavy atom. The molecule has 2 N–H and O–H groups in total. The standard InChI is InChI=1S/C43H47NO5/c1-2-39(44-28-34-18-8-3-9-19-34)41(47-30-36-22-12-5-13-23-36)43(49-32-38-26-16-7-17-27-38)42(48-31-37-24-14-6-15-25-37)40(45)33-46-29-35-20-10-4-11-21-35/h2-27,39-45H,1,28-33H2/t39-,40-,41+,42-,43-/m1/s1. The Hall–Kier alpha value is -4.40. The number of aliphatic hydroxyl groups excluding tert-OH is 1. The Kier molecular flexibility index (Phi) is 14.8. The molecule has 0 aromatic heterocycles. The lowest BCUT2D eigenvalue weighted by Crippen LogP contribution is -2.56. The van der Waals surface area contributed by atoms with Gasteiger partial charge in [-0.25, -0.2) is 0 Å². The molecule has 0 bridgehead atoms. The summed E-state index contributed by atoms with van der Waals surface area (Å²) in [6, 6.07) is 49.8. The fourth-order valence-electron chi connectivity index (χ4n) is 5.64. The van der Waals surface area contributed by atoms with Crippen molar-refractivity contribution in [1.29, 1.82) is 0 Å². The van der Waals surface area contributed by atoms with Crippen LogP contribution < -0.4 is 5.32 Å². The minimum Gasteiger partial charge on any atom is -0.388 e. The summed E-state index contributed by atoms with van der Waals surface area (Å²) in [7, 11) is 0. The van der Waals surface area contributed by atoms with Gasteiger partial charge in [0.15, 0.2) is 0 Å². The molecular formula is C43H47NO5. The van der Waals surface area contributed by atoms with Gasteiger partial charge in [-0.2, -0.15) is 0 Å². The highest BCUT2D eigenvalue weighted by Gasteiger charge is 2.40. The minimum atomic E-state index is -1.03. The van der Waals surface area contributed by atoms with Crippen LogP contribution in [0.4, 0.5) is 0 Å². The molecule has 5 aromatic rings. The highest BCUT2D eigenvalue weighted by atomic mass is 16.6. The Bertz CT molecular complexity index is 1590. The van der Waals surface area contributed by atoms with Crippen molar-refractivity contribution in [2.24, 2.45) is 0 Å². The molecule has 5 atom stereocenters. The van der Waals surface area contributed by atoms with Crippen LogP contribution in [-0.4, -0.2) is 42.2 Å². The molecule has 0 aliphatic heterocycles. The maximum atomic E-state index is 11.9. The molecule has 5 rings (SSSR count). The lowest BCUT2D eigenvalue weighted by molar-refractivity contribution is -0.190. The monoisotopic (exact) mass is 657 g/mol. The van der Waals surface area contributed by atoms with Crippen LogP contribution in [0, 0.1) is 0 Å². The molecule has 0 saturated heterocycles. The molecule has 6 nitrogen and oxygen atoms in total. The molecule has 0 unspecified atom stereocenters. The molecule has 0 fully saturated rings. The topological polar surface area (TPSA) is 69.2 Å². The van der Waals surface area contributed by atoms with Crippen LogP contribution in [0.1, 0.15) is 27.8 Å². The summed E-state index contributed by atoms with van der Waals surface area (Å²) in [6.07, 6.45) is -1.33. The van der Waals surface area contributed by atoms with E-state index in [0.717, 1.165) is 27.8 Å². The van der Waals surface area contributed by atoms with Gasteiger partial charge >= 0.3 is 0 Å². The third-order valence-electron chi connectivity index (χ3n) is 8.28. The summed E-state index contributed by atoms with van der Waals surface area (Å²) in [5.74, 6) is 0. The molecule has 254 valence electrons. The van der Waals surface area contributed by atoms with Gasteiger partial charge in [-0.05, 0) is 27.8 Å². The average molecular weight is 658 g/mol. The first-order valence-electron chi connectivity index (χ1n) is 16.9. The molecule has 0 aliphatic rings. The van der Waals surface area contributed by atoms with E-state index in [1.807, 2.05) is 146 Å². The largest absolute Gasteiger partial charge is 0.388 e. The summed E-state index contributed by atoms with van der Waals surface area (Å²) < 4.78 is 26.3. The quantitative estimate of drug-likeness (QED) is 0.0790. The first-order chi connectivity index (χ1) is 24.2. The van der Waals surface area contributed by atoms with Gasteiger partial charge in [0, 0.05) is 6.54 Å². The van der Waals surface area contributed by atoms with Crippen molar-refractivity contribution in [3.63, 3.8) is 0 Å². The van der Waals surface area contributed by atoms with Gasteiger partial charge < -0.3 is 29.4 Å². The Labute approximate surface area is 291 Å². The number of nitrogens with one attached hydrogen (secondary N) is 1. The van der Waals surface area contributed by atoms with Crippen molar-refractivity contribution in [2.75, 3.05) is 6.61 Å². The first-order valence-corrected chi connectivity index (χ1v) is 16.9. The minimum absolute atomic E-state index is 0.0428. The summed E-state index contributed by atoms with van der Waals surface area (Å²) in [4.78, 5) is 0. The highest BCUT2D eigenvalue weighted by Crippen LogP contribution is 2.24. The van der Waals surface area contributed by atoms with Gasteiger partial charge in [0.05, 0.1) is 39.1 Å². The van der Waals surface area contributed by atoms with Crippen LogP contribution >= 0.6 is 0 Å².